The highest BCUT2D eigenvalue weighted by molar-refractivity contribution is 7.16. The van der Waals surface area contributed by atoms with E-state index in [-0.39, 0.29) is 19.5 Å². The minimum absolute atomic E-state index is 0.181. The lowest BCUT2D eigenvalue weighted by molar-refractivity contribution is -0.0752. The summed E-state index contributed by atoms with van der Waals surface area (Å²) in [5.74, 6) is -15.1. The van der Waals surface area contributed by atoms with E-state index in [9.17, 15) is 54.3 Å². The van der Waals surface area contributed by atoms with Crippen molar-refractivity contribution in [3.05, 3.63) is 78.2 Å². The number of hydrogen-bond acceptors (Lipinski definition) is 6. The third-order valence-electron chi connectivity index (χ3n) is 7.64. The standard InChI is InChI=1S/C28H22F8N4O4S2/c29-17-9-5-37-25(41)13-1-2-14(45-13)26(42)38-6-10-19(31)23(35)12(24(36)20(10)32)8-40-28(44)16-4-3-15(46-16)27(43)39-7-11(21(17)33)22(34)18(9)30/h1-4,9,11,17-18,21-22H,5-8H2,(H,37,41)(H,38,42)(H,39,43)(H,40,44)/t9?,11?,17-,18+,21+,22-. The minimum atomic E-state index is -2.56. The van der Waals surface area contributed by atoms with Crippen LogP contribution >= 0.6 is 22.7 Å². The van der Waals surface area contributed by atoms with Gasteiger partial charge in [0.2, 0.25) is 0 Å². The van der Waals surface area contributed by atoms with Crippen molar-refractivity contribution in [1.82, 2.24) is 21.3 Å². The number of amides is 4. The Hall–Kier alpha value is -4.06. The van der Waals surface area contributed by atoms with Gasteiger partial charge in [-0.2, -0.15) is 0 Å². The maximum atomic E-state index is 15.0. The van der Waals surface area contributed by atoms with Crippen LogP contribution in [0.5, 0.6) is 0 Å². The molecular weight excluding hydrogens is 672 g/mol. The predicted octanol–water partition coefficient (Wildman–Crippen LogP) is 4.30. The number of thiophene rings is 2. The second kappa shape index (κ2) is 13.4. The summed E-state index contributed by atoms with van der Waals surface area (Å²) in [5.41, 5.74) is -2.34. The third-order valence-corrected chi connectivity index (χ3v) is 9.81. The molecular formula is C28H22F8N4O4S2. The molecule has 1 saturated carbocycles. The van der Waals surface area contributed by atoms with Gasteiger partial charge in [-0.25, -0.2) is 35.1 Å². The summed E-state index contributed by atoms with van der Waals surface area (Å²) < 4.78 is 119. The molecule has 246 valence electrons. The number of hydrogen-bond donors (Lipinski definition) is 4. The van der Waals surface area contributed by atoms with E-state index >= 15 is 0 Å². The zero-order chi connectivity index (χ0) is 33.4. The van der Waals surface area contributed by atoms with Gasteiger partial charge in [-0.15, -0.1) is 22.7 Å². The van der Waals surface area contributed by atoms with Crippen LogP contribution in [0.1, 0.15) is 49.8 Å². The summed E-state index contributed by atoms with van der Waals surface area (Å²) >= 11 is 1.07. The molecule has 4 N–H and O–H groups in total. The zero-order valence-electron chi connectivity index (χ0n) is 23.1. The van der Waals surface area contributed by atoms with Crippen molar-refractivity contribution < 1.29 is 54.3 Å². The predicted molar refractivity (Wildman–Crippen MR) is 148 cm³/mol. The largest absolute Gasteiger partial charge is 0.351 e. The molecule has 4 aliphatic heterocycles. The van der Waals surface area contributed by atoms with Gasteiger partial charge < -0.3 is 21.3 Å². The molecule has 1 aromatic carbocycles. The van der Waals surface area contributed by atoms with E-state index in [0.717, 1.165) is 24.3 Å². The number of alkyl halides is 4. The number of carbonyl (C=O) groups excluding carboxylic acids is 4. The number of benzene rings is 1. The molecule has 3 aromatic rings. The summed E-state index contributed by atoms with van der Waals surface area (Å²) in [6.07, 6.45) is -10.2. The van der Waals surface area contributed by atoms with Gasteiger partial charge in [-0.3, -0.25) is 19.2 Å². The first kappa shape index (κ1) is 33.3. The molecule has 2 unspecified atom stereocenters. The number of carbonyl (C=O) groups is 4. The van der Waals surface area contributed by atoms with Crippen LogP contribution in [-0.4, -0.2) is 61.4 Å². The second-order valence-electron chi connectivity index (χ2n) is 10.4. The molecule has 5 aliphatic rings. The molecule has 1 aliphatic carbocycles. The van der Waals surface area contributed by atoms with Crippen LogP contribution in [-0.2, 0) is 13.1 Å². The normalized spacial score (nSPS) is 26.3. The SMILES string of the molecule is O=C1NCc2c(F)c(F)c(c(F)c2F)CNC(=O)c2ccc(s2)C(=O)NCC2[C@@H](F)[C@@H](F)C(CNC(=O)c3ccc1s3)[C@@H](F)[C@H]2F. The highest BCUT2D eigenvalue weighted by atomic mass is 32.1. The van der Waals surface area contributed by atoms with Crippen molar-refractivity contribution in [3.8, 4) is 0 Å². The summed E-state index contributed by atoms with van der Waals surface area (Å²) in [6, 6.07) is 4.47. The van der Waals surface area contributed by atoms with Crippen LogP contribution in [0.3, 0.4) is 0 Å². The summed E-state index contributed by atoms with van der Waals surface area (Å²) in [6.45, 7) is -3.70. The van der Waals surface area contributed by atoms with Crippen LogP contribution < -0.4 is 21.3 Å². The maximum absolute atomic E-state index is 15.0. The van der Waals surface area contributed by atoms with Crippen molar-refractivity contribution in [2.45, 2.75) is 37.8 Å². The second-order valence-corrected chi connectivity index (χ2v) is 12.6. The van der Waals surface area contributed by atoms with E-state index in [4.69, 9.17) is 0 Å². The average Bonchev–Trinajstić information content (AvgIpc) is 3.73. The van der Waals surface area contributed by atoms with E-state index in [0.29, 0.717) is 22.7 Å². The molecule has 6 heterocycles. The molecule has 8 nitrogen and oxygen atoms in total. The van der Waals surface area contributed by atoms with Crippen molar-refractivity contribution in [3.63, 3.8) is 0 Å². The summed E-state index contributed by atoms with van der Waals surface area (Å²) in [5, 5.41) is 8.45. The fraction of sp³-hybridized carbons (Fsp3) is 0.357. The fourth-order valence-electron chi connectivity index (χ4n) is 5.05. The zero-order valence-corrected chi connectivity index (χ0v) is 24.7. The summed E-state index contributed by atoms with van der Waals surface area (Å²) in [7, 11) is 0. The topological polar surface area (TPSA) is 116 Å². The molecule has 18 heteroatoms. The maximum Gasteiger partial charge on any atom is 0.261 e. The van der Waals surface area contributed by atoms with E-state index in [1.165, 1.54) is 0 Å². The number of rotatable bonds is 0. The van der Waals surface area contributed by atoms with Crippen LogP contribution in [0.2, 0.25) is 0 Å². The Morgan fingerprint density at radius 1 is 0.478 bits per heavy atom. The quantitative estimate of drug-likeness (QED) is 0.208. The number of nitrogens with one attached hydrogen (secondary N) is 4. The van der Waals surface area contributed by atoms with Crippen molar-refractivity contribution >= 4 is 46.3 Å². The smallest absolute Gasteiger partial charge is 0.261 e. The molecule has 1 fully saturated rings. The van der Waals surface area contributed by atoms with E-state index in [1.807, 2.05) is 0 Å². The molecule has 4 amide bonds. The van der Waals surface area contributed by atoms with Crippen molar-refractivity contribution in [2.24, 2.45) is 11.8 Å². The van der Waals surface area contributed by atoms with Gasteiger partial charge in [0.15, 0.2) is 23.3 Å². The number of halogens is 8. The molecule has 0 radical (unpaired) electrons. The van der Waals surface area contributed by atoms with Gasteiger partial charge >= 0.3 is 0 Å². The van der Waals surface area contributed by atoms with Crippen LogP contribution in [0, 0.1) is 35.1 Å². The Kier molecular flexibility index (Phi) is 9.67. The van der Waals surface area contributed by atoms with E-state index in [2.05, 4.69) is 21.3 Å². The molecule has 0 spiro atoms. The lowest BCUT2D eigenvalue weighted by Gasteiger charge is -2.39. The Balaban J connectivity index is 1.44. The first-order chi connectivity index (χ1) is 21.8. The highest BCUT2D eigenvalue weighted by Crippen LogP contribution is 2.38. The average molecular weight is 695 g/mol. The molecule has 6 atom stereocenters. The molecule has 8 rings (SSSR count). The van der Waals surface area contributed by atoms with Crippen LogP contribution in [0.25, 0.3) is 0 Å². The molecule has 0 saturated heterocycles. The van der Waals surface area contributed by atoms with Crippen LogP contribution in [0.4, 0.5) is 35.1 Å². The molecule has 2 aromatic heterocycles. The van der Waals surface area contributed by atoms with Gasteiger partial charge in [0.1, 0.15) is 24.7 Å². The van der Waals surface area contributed by atoms with Crippen molar-refractivity contribution in [1.29, 1.82) is 0 Å². The fourth-order valence-corrected chi connectivity index (χ4v) is 6.73. The van der Waals surface area contributed by atoms with Crippen LogP contribution in [0.15, 0.2) is 24.3 Å². The highest BCUT2D eigenvalue weighted by Gasteiger charge is 2.52. The first-order valence-electron chi connectivity index (χ1n) is 13.5. The Morgan fingerprint density at radius 2 is 0.739 bits per heavy atom. The molecule has 8 bridgehead atoms. The van der Waals surface area contributed by atoms with Crippen molar-refractivity contribution in [2.75, 3.05) is 13.1 Å². The van der Waals surface area contributed by atoms with Gasteiger partial charge in [0.25, 0.3) is 23.6 Å². The van der Waals surface area contributed by atoms with Gasteiger partial charge in [0.05, 0.1) is 19.5 Å². The lowest BCUT2D eigenvalue weighted by Crippen LogP contribution is -2.57. The lowest BCUT2D eigenvalue weighted by atomic mass is 9.76. The Labute approximate surface area is 262 Å². The minimum Gasteiger partial charge on any atom is -0.351 e. The van der Waals surface area contributed by atoms with Gasteiger partial charge in [-0.05, 0) is 24.3 Å². The monoisotopic (exact) mass is 694 g/mol. The van der Waals surface area contributed by atoms with Gasteiger partial charge in [-0.1, -0.05) is 0 Å². The van der Waals surface area contributed by atoms with E-state index in [1.54, 1.807) is 0 Å². The molecule has 46 heavy (non-hydrogen) atoms. The Morgan fingerprint density at radius 3 is 1.02 bits per heavy atom. The summed E-state index contributed by atoms with van der Waals surface area (Å²) in [4.78, 5) is 49.5. The Bertz CT molecular complexity index is 1530. The third kappa shape index (κ3) is 6.31. The first-order valence-corrected chi connectivity index (χ1v) is 15.2. The van der Waals surface area contributed by atoms with Gasteiger partial charge in [0, 0.05) is 49.1 Å². The van der Waals surface area contributed by atoms with E-state index < -0.39 is 121 Å².